The van der Waals surface area contributed by atoms with Crippen molar-refractivity contribution >= 4 is 11.4 Å². The van der Waals surface area contributed by atoms with Crippen LogP contribution in [-0.2, 0) is 4.74 Å². The summed E-state index contributed by atoms with van der Waals surface area (Å²) < 4.78 is 5.43. The molecule has 0 saturated carbocycles. The second-order valence-corrected chi connectivity index (χ2v) is 3.80. The number of pyridine rings is 1. The first-order valence-corrected chi connectivity index (χ1v) is 5.37. The summed E-state index contributed by atoms with van der Waals surface area (Å²) >= 11 is 0. The number of nitro groups is 1. The Morgan fingerprint density at radius 1 is 1.71 bits per heavy atom. The van der Waals surface area contributed by atoms with E-state index in [2.05, 4.69) is 4.98 Å². The number of ether oxygens (including phenoxy) is 1. The van der Waals surface area contributed by atoms with Crippen LogP contribution in [0.25, 0.3) is 0 Å². The van der Waals surface area contributed by atoms with E-state index < -0.39 is 4.92 Å². The number of aromatic nitrogens is 1. The molecule has 1 fully saturated rings. The SMILES string of the molecule is NCC1CN(c2ccncc2[N+](=O)[O-])CCO1. The molecule has 1 atom stereocenters. The summed E-state index contributed by atoms with van der Waals surface area (Å²) in [5, 5.41) is 10.9. The van der Waals surface area contributed by atoms with E-state index in [1.54, 1.807) is 12.3 Å². The van der Waals surface area contributed by atoms with Gasteiger partial charge in [-0.1, -0.05) is 0 Å². The fourth-order valence-electron chi connectivity index (χ4n) is 1.87. The lowest BCUT2D eigenvalue weighted by Crippen LogP contribution is -2.45. The molecule has 0 aliphatic carbocycles. The summed E-state index contributed by atoms with van der Waals surface area (Å²) in [4.78, 5) is 16.2. The smallest absolute Gasteiger partial charge is 0.310 e. The Labute approximate surface area is 98.3 Å². The summed E-state index contributed by atoms with van der Waals surface area (Å²) in [6.07, 6.45) is 2.74. The molecule has 1 saturated heterocycles. The maximum Gasteiger partial charge on any atom is 0.310 e. The van der Waals surface area contributed by atoms with Gasteiger partial charge in [-0.25, -0.2) is 0 Å². The quantitative estimate of drug-likeness (QED) is 0.595. The van der Waals surface area contributed by atoms with E-state index in [1.807, 2.05) is 4.90 Å². The number of hydrogen-bond acceptors (Lipinski definition) is 6. The molecule has 2 rings (SSSR count). The van der Waals surface area contributed by atoms with Crippen LogP contribution < -0.4 is 10.6 Å². The van der Waals surface area contributed by atoms with Gasteiger partial charge < -0.3 is 15.4 Å². The zero-order valence-electron chi connectivity index (χ0n) is 9.28. The third-order valence-corrected chi connectivity index (χ3v) is 2.72. The highest BCUT2D eigenvalue weighted by molar-refractivity contribution is 5.61. The first-order chi connectivity index (χ1) is 8.22. The number of rotatable bonds is 3. The van der Waals surface area contributed by atoms with Crippen molar-refractivity contribution in [1.29, 1.82) is 0 Å². The predicted molar refractivity (Wildman–Crippen MR) is 61.9 cm³/mol. The molecular formula is C10H14N4O3. The van der Waals surface area contributed by atoms with Crippen LogP contribution in [0.2, 0.25) is 0 Å². The van der Waals surface area contributed by atoms with Crippen LogP contribution in [0.1, 0.15) is 0 Å². The number of morpholine rings is 1. The van der Waals surface area contributed by atoms with E-state index in [0.29, 0.717) is 31.9 Å². The van der Waals surface area contributed by atoms with Gasteiger partial charge in [0.2, 0.25) is 0 Å². The average molecular weight is 238 g/mol. The minimum atomic E-state index is -0.421. The topological polar surface area (TPSA) is 94.5 Å². The number of nitrogens with zero attached hydrogens (tertiary/aromatic N) is 3. The van der Waals surface area contributed by atoms with Gasteiger partial charge in [0, 0.05) is 25.8 Å². The van der Waals surface area contributed by atoms with E-state index in [-0.39, 0.29) is 11.8 Å². The van der Waals surface area contributed by atoms with Crippen LogP contribution in [0.3, 0.4) is 0 Å². The number of nitrogens with two attached hydrogens (primary N) is 1. The Morgan fingerprint density at radius 2 is 2.53 bits per heavy atom. The largest absolute Gasteiger partial charge is 0.373 e. The van der Waals surface area contributed by atoms with Crippen LogP contribution >= 0.6 is 0 Å². The van der Waals surface area contributed by atoms with Crippen molar-refractivity contribution in [2.24, 2.45) is 5.73 Å². The Kier molecular flexibility index (Phi) is 3.50. The van der Waals surface area contributed by atoms with E-state index in [0.717, 1.165) is 0 Å². The molecular weight excluding hydrogens is 224 g/mol. The Bertz CT molecular complexity index is 412. The van der Waals surface area contributed by atoms with Gasteiger partial charge in [-0.3, -0.25) is 15.1 Å². The molecule has 0 aromatic carbocycles. The fraction of sp³-hybridized carbons (Fsp3) is 0.500. The van der Waals surface area contributed by atoms with Gasteiger partial charge in [0.25, 0.3) is 0 Å². The van der Waals surface area contributed by atoms with E-state index in [1.165, 1.54) is 6.20 Å². The van der Waals surface area contributed by atoms with Crippen molar-refractivity contribution in [2.75, 3.05) is 31.1 Å². The highest BCUT2D eigenvalue weighted by atomic mass is 16.6. The third-order valence-electron chi connectivity index (χ3n) is 2.72. The molecule has 7 heteroatoms. The maximum absolute atomic E-state index is 10.9. The van der Waals surface area contributed by atoms with E-state index in [9.17, 15) is 10.1 Å². The molecule has 1 aliphatic heterocycles. The van der Waals surface area contributed by atoms with Gasteiger partial charge in [-0.2, -0.15) is 0 Å². The molecule has 2 N–H and O–H groups in total. The van der Waals surface area contributed by atoms with Gasteiger partial charge >= 0.3 is 5.69 Å². The number of hydrogen-bond donors (Lipinski definition) is 1. The van der Waals surface area contributed by atoms with Gasteiger partial charge in [0.05, 0.1) is 17.6 Å². The predicted octanol–water partition coefficient (Wildman–Crippen LogP) is 0.154. The molecule has 17 heavy (non-hydrogen) atoms. The molecule has 0 amide bonds. The van der Waals surface area contributed by atoms with Gasteiger partial charge in [-0.05, 0) is 6.07 Å². The molecule has 0 bridgehead atoms. The van der Waals surface area contributed by atoms with Crippen LogP contribution in [0, 0.1) is 10.1 Å². The van der Waals surface area contributed by atoms with Crippen LogP contribution in [0.5, 0.6) is 0 Å². The molecule has 0 radical (unpaired) electrons. The summed E-state index contributed by atoms with van der Waals surface area (Å²) in [6.45, 7) is 2.14. The Hall–Kier alpha value is -1.73. The van der Waals surface area contributed by atoms with Crippen molar-refractivity contribution in [3.05, 3.63) is 28.6 Å². The van der Waals surface area contributed by atoms with Crippen LogP contribution in [0.15, 0.2) is 18.5 Å². The molecule has 1 aromatic rings. The minimum Gasteiger partial charge on any atom is -0.373 e. The Balaban J connectivity index is 2.24. The molecule has 2 heterocycles. The van der Waals surface area contributed by atoms with Gasteiger partial charge in [0.15, 0.2) is 0 Å². The van der Waals surface area contributed by atoms with Crippen molar-refractivity contribution in [2.45, 2.75) is 6.10 Å². The van der Waals surface area contributed by atoms with Crippen molar-refractivity contribution in [3.63, 3.8) is 0 Å². The van der Waals surface area contributed by atoms with E-state index in [4.69, 9.17) is 10.5 Å². The van der Waals surface area contributed by atoms with Crippen LogP contribution in [0.4, 0.5) is 11.4 Å². The minimum absolute atomic E-state index is 0.0187. The first-order valence-electron chi connectivity index (χ1n) is 5.37. The zero-order chi connectivity index (χ0) is 12.3. The lowest BCUT2D eigenvalue weighted by Gasteiger charge is -2.33. The lowest BCUT2D eigenvalue weighted by molar-refractivity contribution is -0.384. The standard InChI is InChI=1S/C10H14N4O3/c11-5-8-7-13(3-4-17-8)9-1-2-12-6-10(9)14(15)16/h1-2,6,8H,3-5,7,11H2. The first kappa shape index (κ1) is 11.7. The molecule has 0 spiro atoms. The normalized spacial score (nSPS) is 20.3. The molecule has 1 unspecified atom stereocenters. The maximum atomic E-state index is 10.9. The van der Waals surface area contributed by atoms with Crippen molar-refractivity contribution in [1.82, 2.24) is 4.98 Å². The molecule has 1 aromatic heterocycles. The summed E-state index contributed by atoms with van der Waals surface area (Å²) in [7, 11) is 0. The summed E-state index contributed by atoms with van der Waals surface area (Å²) in [5.74, 6) is 0. The van der Waals surface area contributed by atoms with Crippen molar-refractivity contribution < 1.29 is 9.66 Å². The molecule has 7 nitrogen and oxygen atoms in total. The third kappa shape index (κ3) is 2.51. The second-order valence-electron chi connectivity index (χ2n) is 3.80. The number of anilines is 1. The summed E-state index contributed by atoms with van der Waals surface area (Å²) in [6, 6.07) is 1.65. The van der Waals surface area contributed by atoms with Crippen molar-refractivity contribution in [3.8, 4) is 0 Å². The highest BCUT2D eigenvalue weighted by Crippen LogP contribution is 2.27. The van der Waals surface area contributed by atoms with Gasteiger partial charge in [-0.15, -0.1) is 0 Å². The average Bonchev–Trinajstić information content (AvgIpc) is 2.39. The summed E-state index contributed by atoms with van der Waals surface area (Å²) in [5.41, 5.74) is 6.14. The fourth-order valence-corrected chi connectivity index (χ4v) is 1.87. The van der Waals surface area contributed by atoms with Gasteiger partial charge in [0.1, 0.15) is 11.9 Å². The molecule has 1 aliphatic rings. The Morgan fingerprint density at radius 3 is 3.24 bits per heavy atom. The molecule has 92 valence electrons. The monoisotopic (exact) mass is 238 g/mol. The second kappa shape index (κ2) is 5.07. The zero-order valence-corrected chi connectivity index (χ0v) is 9.28. The van der Waals surface area contributed by atoms with E-state index >= 15 is 0 Å². The highest BCUT2D eigenvalue weighted by Gasteiger charge is 2.25. The lowest BCUT2D eigenvalue weighted by atomic mass is 10.2. The van der Waals surface area contributed by atoms with Crippen LogP contribution in [-0.4, -0.2) is 42.3 Å².